The fraction of sp³-hybridized carbons (Fsp3) is 0.938. The lowest BCUT2D eigenvalue weighted by Crippen LogP contribution is -2.55. The summed E-state index contributed by atoms with van der Waals surface area (Å²) in [7, 11) is 2.16. The molecule has 0 radical (unpaired) electrons. The smallest absolute Gasteiger partial charge is 0.307 e. The first-order valence-electron chi connectivity index (χ1n) is 8.11. The molecule has 1 atom stereocenters. The molecule has 1 saturated heterocycles. The molecule has 0 saturated carbocycles. The zero-order chi connectivity index (χ0) is 15.0. The van der Waals surface area contributed by atoms with E-state index in [0.717, 1.165) is 32.6 Å². The third-order valence-corrected chi connectivity index (χ3v) is 4.42. The van der Waals surface area contributed by atoms with Gasteiger partial charge in [-0.2, -0.15) is 0 Å². The Kier molecular flexibility index (Phi) is 7.52. The summed E-state index contributed by atoms with van der Waals surface area (Å²) in [5.74, 6) is -0.0505. The first kappa shape index (κ1) is 17.4. The van der Waals surface area contributed by atoms with Crippen molar-refractivity contribution in [1.29, 1.82) is 0 Å². The van der Waals surface area contributed by atoms with Gasteiger partial charge in [0, 0.05) is 31.7 Å². The van der Waals surface area contributed by atoms with Crippen LogP contribution in [-0.2, 0) is 9.53 Å². The van der Waals surface area contributed by atoms with E-state index in [1.54, 1.807) is 0 Å². The number of unbranched alkanes of at least 4 members (excludes halogenated alkanes) is 2. The fourth-order valence-electron chi connectivity index (χ4n) is 2.98. The van der Waals surface area contributed by atoms with Crippen molar-refractivity contribution in [2.75, 3.05) is 39.8 Å². The zero-order valence-corrected chi connectivity index (χ0v) is 13.8. The Morgan fingerprint density at radius 2 is 1.80 bits per heavy atom. The molecule has 1 aliphatic heterocycles. The van der Waals surface area contributed by atoms with Gasteiger partial charge in [0.1, 0.15) is 0 Å². The molecule has 1 heterocycles. The molecule has 20 heavy (non-hydrogen) atoms. The molecule has 0 aliphatic carbocycles. The Balaban J connectivity index is 2.64. The van der Waals surface area contributed by atoms with Crippen LogP contribution < -0.4 is 0 Å². The van der Waals surface area contributed by atoms with Crippen molar-refractivity contribution in [3.05, 3.63) is 0 Å². The Morgan fingerprint density at radius 3 is 2.35 bits per heavy atom. The average molecular weight is 284 g/mol. The predicted octanol–water partition coefficient (Wildman–Crippen LogP) is 2.53. The molecular weight excluding hydrogens is 252 g/mol. The number of carbonyl (C=O) groups excluding carboxylic acids is 1. The highest BCUT2D eigenvalue weighted by atomic mass is 16.5. The highest BCUT2D eigenvalue weighted by Gasteiger charge is 2.35. The number of esters is 1. The molecule has 0 bridgehead atoms. The average Bonchev–Trinajstić information content (AvgIpc) is 2.39. The second-order valence-electron chi connectivity index (χ2n) is 6.23. The lowest BCUT2D eigenvalue weighted by atomic mass is 9.88. The zero-order valence-electron chi connectivity index (χ0n) is 13.8. The van der Waals surface area contributed by atoms with Gasteiger partial charge < -0.3 is 9.64 Å². The van der Waals surface area contributed by atoms with E-state index in [4.69, 9.17) is 4.74 Å². The van der Waals surface area contributed by atoms with Crippen LogP contribution in [0.3, 0.4) is 0 Å². The number of likely N-dealkylation sites (N-methyl/N-ethyl adjacent to an activating group) is 1. The van der Waals surface area contributed by atoms with E-state index in [1.807, 2.05) is 6.92 Å². The Labute approximate surface area is 124 Å². The molecule has 0 aromatic rings. The van der Waals surface area contributed by atoms with Crippen LogP contribution in [0.4, 0.5) is 0 Å². The second-order valence-corrected chi connectivity index (χ2v) is 6.23. The maximum Gasteiger partial charge on any atom is 0.307 e. The van der Waals surface area contributed by atoms with Crippen molar-refractivity contribution in [3.8, 4) is 0 Å². The fourth-order valence-corrected chi connectivity index (χ4v) is 2.98. The molecular formula is C16H32N2O2. The number of hydrogen-bond acceptors (Lipinski definition) is 4. The van der Waals surface area contributed by atoms with Crippen molar-refractivity contribution in [2.45, 2.75) is 58.4 Å². The van der Waals surface area contributed by atoms with Crippen LogP contribution in [0.2, 0.25) is 0 Å². The molecule has 118 valence electrons. The number of piperazine rings is 1. The van der Waals surface area contributed by atoms with Crippen LogP contribution in [0.1, 0.15) is 52.9 Å². The molecule has 0 N–H and O–H groups in total. The Bertz CT molecular complexity index is 288. The first-order chi connectivity index (χ1) is 9.51. The molecule has 4 heteroatoms. The third kappa shape index (κ3) is 5.41. The summed E-state index contributed by atoms with van der Waals surface area (Å²) in [4.78, 5) is 16.8. The Morgan fingerprint density at radius 1 is 1.15 bits per heavy atom. The highest BCUT2D eigenvalue weighted by molar-refractivity contribution is 5.70. The summed E-state index contributed by atoms with van der Waals surface area (Å²) < 4.78 is 5.18. The largest absolute Gasteiger partial charge is 0.466 e. The van der Waals surface area contributed by atoms with Gasteiger partial charge in [0.2, 0.25) is 0 Å². The van der Waals surface area contributed by atoms with Gasteiger partial charge in [-0.25, -0.2) is 0 Å². The number of nitrogens with zero attached hydrogens (tertiary/aromatic N) is 2. The topological polar surface area (TPSA) is 32.8 Å². The number of hydrogen-bond donors (Lipinski definition) is 0. The van der Waals surface area contributed by atoms with Gasteiger partial charge >= 0.3 is 5.97 Å². The van der Waals surface area contributed by atoms with E-state index in [-0.39, 0.29) is 11.5 Å². The van der Waals surface area contributed by atoms with Gasteiger partial charge in [-0.15, -0.1) is 0 Å². The van der Waals surface area contributed by atoms with Crippen LogP contribution in [0, 0.1) is 0 Å². The molecule has 1 rings (SSSR count). The molecule has 0 aromatic carbocycles. The molecule has 1 fully saturated rings. The third-order valence-electron chi connectivity index (χ3n) is 4.42. The van der Waals surface area contributed by atoms with Crippen molar-refractivity contribution < 1.29 is 9.53 Å². The second kappa shape index (κ2) is 8.63. The highest BCUT2D eigenvalue weighted by Crippen LogP contribution is 2.28. The van der Waals surface area contributed by atoms with Crippen LogP contribution in [0.15, 0.2) is 0 Å². The first-order valence-corrected chi connectivity index (χ1v) is 8.11. The summed E-state index contributed by atoms with van der Waals surface area (Å²) in [5, 5.41) is 0. The van der Waals surface area contributed by atoms with Gasteiger partial charge in [0.15, 0.2) is 0 Å². The standard InChI is InChI=1S/C16H32N2O2/c1-5-7-8-9-16(3,14-15(19)20-6-2)18-12-10-17(4)11-13-18/h5-14H2,1-4H3. The van der Waals surface area contributed by atoms with E-state index in [2.05, 4.69) is 30.7 Å². The van der Waals surface area contributed by atoms with E-state index in [9.17, 15) is 4.79 Å². The van der Waals surface area contributed by atoms with Crippen LogP contribution in [-0.4, -0.2) is 61.1 Å². The SMILES string of the molecule is CCCCCC(C)(CC(=O)OCC)N1CCN(C)CC1. The minimum absolute atomic E-state index is 0.0390. The maximum atomic E-state index is 11.9. The van der Waals surface area contributed by atoms with Crippen LogP contribution in [0.5, 0.6) is 0 Å². The monoisotopic (exact) mass is 284 g/mol. The normalized spacial score (nSPS) is 20.6. The van der Waals surface area contributed by atoms with Gasteiger partial charge in [-0.3, -0.25) is 9.69 Å². The van der Waals surface area contributed by atoms with E-state index >= 15 is 0 Å². The Hall–Kier alpha value is -0.610. The lowest BCUT2D eigenvalue weighted by Gasteiger charge is -2.45. The van der Waals surface area contributed by atoms with Gasteiger partial charge in [-0.05, 0) is 27.3 Å². The van der Waals surface area contributed by atoms with E-state index < -0.39 is 0 Å². The number of rotatable bonds is 8. The quantitative estimate of drug-likeness (QED) is 0.506. The minimum Gasteiger partial charge on any atom is -0.466 e. The summed E-state index contributed by atoms with van der Waals surface area (Å²) >= 11 is 0. The number of ether oxygens (including phenoxy) is 1. The van der Waals surface area contributed by atoms with Crippen LogP contribution in [0.25, 0.3) is 0 Å². The van der Waals surface area contributed by atoms with Crippen molar-refractivity contribution in [3.63, 3.8) is 0 Å². The molecule has 0 spiro atoms. The maximum absolute atomic E-state index is 11.9. The summed E-state index contributed by atoms with van der Waals surface area (Å²) in [6.07, 6.45) is 5.26. The number of carbonyl (C=O) groups is 1. The lowest BCUT2D eigenvalue weighted by molar-refractivity contribution is -0.147. The molecule has 1 aliphatic rings. The summed E-state index contributed by atoms with van der Waals surface area (Å²) in [6.45, 7) is 11.1. The minimum atomic E-state index is -0.0505. The molecule has 1 unspecified atom stereocenters. The van der Waals surface area contributed by atoms with Crippen LogP contribution >= 0.6 is 0 Å². The summed E-state index contributed by atoms with van der Waals surface area (Å²) in [6, 6.07) is 0. The molecule has 0 amide bonds. The van der Waals surface area contributed by atoms with E-state index in [0.29, 0.717) is 13.0 Å². The predicted molar refractivity (Wildman–Crippen MR) is 82.9 cm³/mol. The van der Waals surface area contributed by atoms with E-state index in [1.165, 1.54) is 19.3 Å². The van der Waals surface area contributed by atoms with Gasteiger partial charge in [-0.1, -0.05) is 26.2 Å². The molecule has 0 aromatic heterocycles. The van der Waals surface area contributed by atoms with Crippen molar-refractivity contribution in [2.24, 2.45) is 0 Å². The van der Waals surface area contributed by atoms with Gasteiger partial charge in [0.25, 0.3) is 0 Å². The molecule has 4 nitrogen and oxygen atoms in total. The van der Waals surface area contributed by atoms with Crippen molar-refractivity contribution >= 4 is 5.97 Å². The van der Waals surface area contributed by atoms with Crippen molar-refractivity contribution in [1.82, 2.24) is 9.80 Å². The summed E-state index contributed by atoms with van der Waals surface area (Å²) in [5.41, 5.74) is -0.0390. The van der Waals surface area contributed by atoms with Gasteiger partial charge in [0.05, 0.1) is 13.0 Å².